The van der Waals surface area contributed by atoms with Gasteiger partial charge in [0.1, 0.15) is 5.69 Å². The number of carbonyl (C=O) groups excluding carboxylic acids is 1. The highest BCUT2D eigenvalue weighted by Crippen LogP contribution is 2.21. The van der Waals surface area contributed by atoms with Crippen molar-refractivity contribution in [2.75, 3.05) is 25.9 Å². The van der Waals surface area contributed by atoms with Gasteiger partial charge in [0.2, 0.25) is 15.9 Å². The third-order valence-corrected chi connectivity index (χ3v) is 6.08. The van der Waals surface area contributed by atoms with Gasteiger partial charge in [0.15, 0.2) is 5.82 Å². The molecule has 0 aliphatic carbocycles. The van der Waals surface area contributed by atoms with Crippen LogP contribution in [0, 0.1) is 0 Å². The number of likely N-dealkylation sites (tertiary alicyclic amines) is 1. The molecule has 1 amide bonds. The molecule has 10 nitrogen and oxygen atoms in total. The summed E-state index contributed by atoms with van der Waals surface area (Å²) in [4.78, 5) is 18.5. The molecule has 3 rings (SSSR count). The van der Waals surface area contributed by atoms with Crippen molar-refractivity contribution in [3.8, 4) is 0 Å². The first-order chi connectivity index (χ1) is 13.2. The van der Waals surface area contributed by atoms with Crippen LogP contribution in [-0.4, -0.2) is 75.4 Å². The minimum Gasteiger partial charge on any atom is -0.339 e. The van der Waals surface area contributed by atoms with Crippen molar-refractivity contribution in [3.05, 3.63) is 29.7 Å². The average molecular weight is 411 g/mol. The number of sulfonamides is 1. The van der Waals surface area contributed by atoms with Gasteiger partial charge in [-0.1, -0.05) is 19.0 Å². The summed E-state index contributed by atoms with van der Waals surface area (Å²) >= 11 is 0. The molecule has 0 spiro atoms. The van der Waals surface area contributed by atoms with Gasteiger partial charge >= 0.3 is 0 Å². The predicted octanol–water partition coefficient (Wildman–Crippen LogP) is 0.738. The summed E-state index contributed by atoms with van der Waals surface area (Å²) in [7, 11) is -3.43. The summed E-state index contributed by atoms with van der Waals surface area (Å²) < 4.78 is 32.7. The smallest absolute Gasteiger partial charge is 0.272 e. The van der Waals surface area contributed by atoms with Crippen molar-refractivity contribution < 1.29 is 17.7 Å². The van der Waals surface area contributed by atoms with E-state index in [4.69, 9.17) is 4.52 Å². The Balaban J connectivity index is 1.62. The number of amides is 1. The van der Waals surface area contributed by atoms with Crippen LogP contribution in [0.1, 0.15) is 48.9 Å². The number of hydrogen-bond acceptors (Lipinski definition) is 7. The summed E-state index contributed by atoms with van der Waals surface area (Å²) in [6.45, 7) is 7.36. The lowest BCUT2D eigenvalue weighted by Crippen LogP contribution is -2.62. The van der Waals surface area contributed by atoms with Crippen molar-refractivity contribution in [1.29, 1.82) is 0 Å². The number of aryl methyl sites for hydroxylation is 1. The molecular formula is C17H26N6O4S. The van der Waals surface area contributed by atoms with E-state index in [0.29, 0.717) is 43.5 Å². The maximum absolute atomic E-state index is 12.6. The molecule has 1 saturated heterocycles. The molecule has 11 heteroatoms. The molecule has 154 valence electrons. The van der Waals surface area contributed by atoms with Gasteiger partial charge in [-0.25, -0.2) is 8.42 Å². The molecule has 0 saturated carbocycles. The highest BCUT2D eigenvalue weighted by Gasteiger charge is 2.39. The van der Waals surface area contributed by atoms with Gasteiger partial charge in [-0.05, 0) is 13.0 Å². The molecule has 28 heavy (non-hydrogen) atoms. The van der Waals surface area contributed by atoms with Crippen LogP contribution in [0.5, 0.6) is 0 Å². The number of carbonyl (C=O) groups is 1. The van der Waals surface area contributed by atoms with Crippen LogP contribution in [0.2, 0.25) is 0 Å². The second-order valence-corrected chi connectivity index (χ2v) is 9.16. The average Bonchev–Trinajstić information content (AvgIpc) is 3.23. The second-order valence-electron chi connectivity index (χ2n) is 7.22. The van der Waals surface area contributed by atoms with Crippen LogP contribution >= 0.6 is 0 Å². The normalized spacial score (nSPS) is 15.4. The van der Waals surface area contributed by atoms with E-state index in [-0.39, 0.29) is 24.4 Å². The Morgan fingerprint density at radius 1 is 1.39 bits per heavy atom. The van der Waals surface area contributed by atoms with Crippen LogP contribution in [0.15, 0.2) is 16.8 Å². The number of nitrogens with zero attached hydrogens (tertiary/aromatic N) is 6. The first-order valence-electron chi connectivity index (χ1n) is 9.31. The van der Waals surface area contributed by atoms with Gasteiger partial charge in [0, 0.05) is 44.7 Å². The Hall–Kier alpha value is -2.27. The molecule has 0 radical (unpaired) electrons. The summed E-state index contributed by atoms with van der Waals surface area (Å²) in [5.41, 5.74) is 0.514. The number of aromatic nitrogens is 4. The molecule has 3 heterocycles. The predicted molar refractivity (Wildman–Crippen MR) is 101 cm³/mol. The summed E-state index contributed by atoms with van der Waals surface area (Å²) in [5.74, 6) is 1.00. The Morgan fingerprint density at radius 3 is 2.68 bits per heavy atom. The van der Waals surface area contributed by atoms with Crippen LogP contribution < -0.4 is 0 Å². The van der Waals surface area contributed by atoms with E-state index < -0.39 is 10.0 Å². The third-order valence-electron chi connectivity index (χ3n) is 4.75. The summed E-state index contributed by atoms with van der Waals surface area (Å²) in [5, 5.41) is 8.02. The fraction of sp³-hybridized carbons (Fsp3) is 0.647. The molecule has 2 aromatic heterocycles. The molecule has 0 unspecified atom stereocenters. The maximum atomic E-state index is 12.6. The summed E-state index contributed by atoms with van der Waals surface area (Å²) in [6.07, 6.45) is 3.13. The van der Waals surface area contributed by atoms with Gasteiger partial charge < -0.3 is 9.42 Å². The second kappa shape index (κ2) is 8.00. The Morgan fingerprint density at radius 2 is 2.11 bits per heavy atom. The molecule has 2 aromatic rings. The van der Waals surface area contributed by atoms with E-state index in [1.165, 1.54) is 10.6 Å². The van der Waals surface area contributed by atoms with Gasteiger partial charge in [0.25, 0.3) is 5.91 Å². The topological polar surface area (TPSA) is 114 Å². The minimum absolute atomic E-state index is 0.120. The Kier molecular flexibility index (Phi) is 5.84. The van der Waals surface area contributed by atoms with Crippen LogP contribution in [0.25, 0.3) is 0 Å². The fourth-order valence-electron chi connectivity index (χ4n) is 3.16. The van der Waals surface area contributed by atoms with E-state index >= 15 is 0 Å². The molecule has 0 atom stereocenters. The molecule has 0 bridgehead atoms. The maximum Gasteiger partial charge on any atom is 0.272 e. The van der Waals surface area contributed by atoms with Gasteiger partial charge in [0.05, 0.1) is 12.3 Å². The van der Waals surface area contributed by atoms with Crippen LogP contribution in [0.3, 0.4) is 0 Å². The summed E-state index contributed by atoms with van der Waals surface area (Å²) in [6, 6.07) is 1.42. The van der Waals surface area contributed by atoms with Crippen molar-refractivity contribution in [2.45, 2.75) is 45.7 Å². The van der Waals surface area contributed by atoms with Crippen molar-refractivity contribution in [3.63, 3.8) is 0 Å². The molecule has 0 aromatic carbocycles. The van der Waals surface area contributed by atoms with Crippen molar-refractivity contribution in [1.82, 2.24) is 29.1 Å². The largest absolute Gasteiger partial charge is 0.339 e. The molecule has 1 aliphatic heterocycles. The van der Waals surface area contributed by atoms with E-state index in [2.05, 4.69) is 15.2 Å². The number of hydrogen-bond donors (Lipinski definition) is 0. The van der Waals surface area contributed by atoms with Crippen LogP contribution in [0.4, 0.5) is 0 Å². The van der Waals surface area contributed by atoms with Gasteiger partial charge in [-0.15, -0.1) is 0 Å². The molecule has 1 fully saturated rings. The lowest BCUT2D eigenvalue weighted by molar-refractivity contribution is 0.0442. The van der Waals surface area contributed by atoms with Gasteiger partial charge in [-0.2, -0.15) is 14.4 Å². The van der Waals surface area contributed by atoms with E-state index in [1.807, 2.05) is 20.8 Å². The molecule has 0 N–H and O–H groups in total. The minimum atomic E-state index is -3.43. The standard InChI is InChI=1S/C17H26N6O4S/c1-5-22-14(6-8-18-22)17(24)21-10-13(11-21)23(28(4,25)26)9-7-15-19-16(12(2)3)27-20-15/h6,8,12-13H,5,7,9-11H2,1-4H3. The Labute approximate surface area is 164 Å². The zero-order valence-electron chi connectivity index (χ0n) is 16.6. The van der Waals surface area contributed by atoms with E-state index in [0.717, 1.165) is 0 Å². The lowest BCUT2D eigenvalue weighted by Gasteiger charge is -2.44. The van der Waals surface area contributed by atoms with Crippen LogP contribution in [-0.2, 0) is 23.0 Å². The van der Waals surface area contributed by atoms with E-state index in [1.54, 1.807) is 21.8 Å². The zero-order chi connectivity index (χ0) is 20.5. The Bertz CT molecular complexity index is 929. The SMILES string of the molecule is CCn1nccc1C(=O)N1CC(N(CCc2noc(C(C)C)n2)S(C)(=O)=O)C1. The fourth-order valence-corrected chi connectivity index (χ4v) is 4.26. The number of rotatable bonds is 8. The highest BCUT2D eigenvalue weighted by molar-refractivity contribution is 7.88. The molecule has 1 aliphatic rings. The third kappa shape index (κ3) is 4.25. The highest BCUT2D eigenvalue weighted by atomic mass is 32.2. The molecular weight excluding hydrogens is 384 g/mol. The van der Waals surface area contributed by atoms with E-state index in [9.17, 15) is 13.2 Å². The first kappa shape index (κ1) is 20.5. The quantitative estimate of drug-likeness (QED) is 0.630. The van der Waals surface area contributed by atoms with Crippen molar-refractivity contribution in [2.24, 2.45) is 0 Å². The lowest BCUT2D eigenvalue weighted by atomic mass is 10.1. The van der Waals surface area contributed by atoms with Crippen molar-refractivity contribution >= 4 is 15.9 Å². The zero-order valence-corrected chi connectivity index (χ0v) is 17.4. The monoisotopic (exact) mass is 410 g/mol. The van der Waals surface area contributed by atoms with Gasteiger partial charge in [-0.3, -0.25) is 9.48 Å². The first-order valence-corrected chi connectivity index (χ1v) is 11.2.